The van der Waals surface area contributed by atoms with Gasteiger partial charge in [0.05, 0.1) is 0 Å². The number of benzene rings is 2. The van der Waals surface area contributed by atoms with Crippen LogP contribution in [0, 0.1) is 25.7 Å². The number of nitrogens with zero attached hydrogens (tertiary/aromatic N) is 2. The van der Waals surface area contributed by atoms with Crippen molar-refractivity contribution in [3.05, 3.63) is 57.6 Å². The fourth-order valence-electron chi connectivity index (χ4n) is 3.47. The van der Waals surface area contributed by atoms with E-state index in [-0.39, 0.29) is 34.9 Å². The predicted octanol–water partition coefficient (Wildman–Crippen LogP) is 3.12. The Labute approximate surface area is 236 Å². The number of phenols is 2. The van der Waals surface area contributed by atoms with E-state index in [0.29, 0.717) is 23.0 Å². The van der Waals surface area contributed by atoms with Crippen molar-refractivity contribution in [2.45, 2.75) is 68.2 Å². The van der Waals surface area contributed by atoms with E-state index in [9.17, 15) is 10.2 Å². The van der Waals surface area contributed by atoms with Gasteiger partial charge in [-0.05, 0) is 86.8 Å². The van der Waals surface area contributed by atoms with E-state index >= 15 is 0 Å². The molecule has 2 N–H and O–H groups in total. The molecular weight excluding hydrogens is 531 g/mol. The molecule has 8 nitrogen and oxygen atoms in total. The smallest absolute Gasteiger partial charge is 0.550 e. The number of carbonyl (C=O) groups is 2. The average molecular weight is 572 g/mol. The van der Waals surface area contributed by atoms with Crippen LogP contribution < -0.4 is 10.2 Å². The SMILES string of the molecule is CC(=O)[O-].CC(=O)[O-].Cc1cc(CC(C)C)cc(C=NCN=Cc2cc(CC(C)C)cc(C)c2O)c1O.[Co+2]. The molecule has 0 aliphatic heterocycles. The van der Waals surface area contributed by atoms with Crippen molar-refractivity contribution in [1.29, 1.82) is 0 Å². The van der Waals surface area contributed by atoms with E-state index < -0.39 is 11.9 Å². The van der Waals surface area contributed by atoms with Gasteiger partial charge in [-0.3, -0.25) is 9.98 Å². The first kappa shape index (κ1) is 37.0. The van der Waals surface area contributed by atoms with E-state index in [0.717, 1.165) is 37.8 Å². The molecular formula is C29H40CoN2O6. The van der Waals surface area contributed by atoms with E-state index in [1.54, 1.807) is 12.4 Å². The van der Waals surface area contributed by atoms with Gasteiger partial charge in [0.1, 0.15) is 18.2 Å². The topological polar surface area (TPSA) is 145 Å². The van der Waals surface area contributed by atoms with Gasteiger partial charge in [0, 0.05) is 35.5 Å². The summed E-state index contributed by atoms with van der Waals surface area (Å²) in [7, 11) is 0. The molecule has 0 fully saturated rings. The Hall–Kier alpha value is -3.17. The Morgan fingerprint density at radius 2 is 1.05 bits per heavy atom. The van der Waals surface area contributed by atoms with Crippen molar-refractivity contribution in [1.82, 2.24) is 0 Å². The number of phenolic OH excluding ortho intramolecular Hbond substituents is 2. The van der Waals surface area contributed by atoms with Crippen LogP contribution in [0.15, 0.2) is 34.3 Å². The number of hydrogen-bond donors (Lipinski definition) is 2. The summed E-state index contributed by atoms with van der Waals surface area (Å²) >= 11 is 0. The molecule has 0 bridgehead atoms. The number of aliphatic carboxylic acids is 2. The zero-order chi connectivity index (χ0) is 28.7. The number of aliphatic imine (C=N–C) groups is 2. The van der Waals surface area contributed by atoms with E-state index in [1.807, 2.05) is 38.1 Å². The van der Waals surface area contributed by atoms with Crippen LogP contribution in [-0.4, -0.2) is 41.2 Å². The van der Waals surface area contributed by atoms with Crippen LogP contribution in [0.2, 0.25) is 0 Å². The predicted molar refractivity (Wildman–Crippen MR) is 144 cm³/mol. The largest absolute Gasteiger partial charge is 2.00 e. The third kappa shape index (κ3) is 16.5. The molecule has 0 heterocycles. The van der Waals surface area contributed by atoms with Crippen molar-refractivity contribution < 1.29 is 46.8 Å². The average Bonchev–Trinajstić information content (AvgIpc) is 2.72. The van der Waals surface area contributed by atoms with Gasteiger partial charge in [-0.2, -0.15) is 0 Å². The van der Waals surface area contributed by atoms with Crippen LogP contribution in [-0.2, 0) is 39.2 Å². The maximum Gasteiger partial charge on any atom is 2.00 e. The van der Waals surface area contributed by atoms with E-state index in [1.165, 1.54) is 11.1 Å². The summed E-state index contributed by atoms with van der Waals surface area (Å²) in [5.74, 6) is -0.536. The van der Waals surface area contributed by atoms with E-state index in [4.69, 9.17) is 19.8 Å². The summed E-state index contributed by atoms with van der Waals surface area (Å²) in [4.78, 5) is 26.5. The van der Waals surface area contributed by atoms with Crippen LogP contribution in [0.1, 0.15) is 74.9 Å². The van der Waals surface area contributed by atoms with E-state index in [2.05, 4.69) is 37.7 Å². The quantitative estimate of drug-likeness (QED) is 0.466. The number of rotatable bonds is 8. The summed E-state index contributed by atoms with van der Waals surface area (Å²) in [6, 6.07) is 8.03. The number of carboxylic acid groups (broad SMARTS) is 2. The molecule has 9 heteroatoms. The standard InChI is InChI=1S/C25H34N2O2.2C2H4O2.Co/c1-16(2)7-20-9-18(5)24(28)22(11-20)13-26-15-27-14-23-12-21(8-17(3)4)10-19(6)25(23)29;2*1-2(3)4;/h9-14,16-17,28-29H,7-8,15H2,1-6H3;2*1H3,(H,3,4);/q;;;+2/p-2. The van der Waals surface area contributed by atoms with Gasteiger partial charge in [-0.25, -0.2) is 0 Å². The molecule has 0 saturated carbocycles. The Balaban J connectivity index is 0. The first-order valence-corrected chi connectivity index (χ1v) is 12.1. The summed E-state index contributed by atoms with van der Waals surface area (Å²) in [6.07, 6.45) is 5.27. The molecule has 0 unspecified atom stereocenters. The van der Waals surface area contributed by atoms with Crippen molar-refractivity contribution in [2.24, 2.45) is 21.8 Å². The third-order valence-corrected chi connectivity index (χ3v) is 4.69. The molecule has 0 spiro atoms. The summed E-state index contributed by atoms with van der Waals surface area (Å²) in [5.41, 5.74) is 5.54. The van der Waals surface area contributed by atoms with Crippen molar-refractivity contribution in [3.63, 3.8) is 0 Å². The Kier molecular flexibility index (Phi) is 18.5. The van der Waals surface area contributed by atoms with Crippen molar-refractivity contribution in [2.75, 3.05) is 6.67 Å². The molecule has 0 atom stereocenters. The van der Waals surface area contributed by atoms with Gasteiger partial charge in [0.15, 0.2) is 0 Å². The molecule has 1 radical (unpaired) electrons. The Bertz CT molecular complexity index is 1000. The van der Waals surface area contributed by atoms with Crippen molar-refractivity contribution in [3.8, 4) is 11.5 Å². The Morgan fingerprint density at radius 3 is 1.32 bits per heavy atom. The maximum atomic E-state index is 10.3. The van der Waals surface area contributed by atoms with Gasteiger partial charge in [0.2, 0.25) is 0 Å². The minimum Gasteiger partial charge on any atom is -0.550 e. The zero-order valence-corrected chi connectivity index (χ0v) is 24.5. The van der Waals surface area contributed by atoms with Gasteiger partial charge >= 0.3 is 16.8 Å². The molecule has 0 saturated heterocycles. The molecule has 0 aromatic heterocycles. The van der Waals surface area contributed by atoms with Gasteiger partial charge in [-0.15, -0.1) is 0 Å². The molecule has 38 heavy (non-hydrogen) atoms. The fraction of sp³-hybridized carbons (Fsp3) is 0.448. The summed E-state index contributed by atoms with van der Waals surface area (Å²) in [6.45, 7) is 14.7. The number of aryl methyl sites for hydroxylation is 2. The van der Waals surface area contributed by atoms with Gasteiger partial charge < -0.3 is 30.0 Å². The molecule has 0 aliphatic carbocycles. The first-order chi connectivity index (χ1) is 17.1. The number of carbonyl (C=O) groups excluding carboxylic acids is 2. The molecule has 2 aromatic carbocycles. The maximum absolute atomic E-state index is 10.3. The molecule has 2 rings (SSSR count). The first-order valence-electron chi connectivity index (χ1n) is 12.1. The van der Waals surface area contributed by atoms with Crippen LogP contribution in [0.4, 0.5) is 0 Å². The summed E-state index contributed by atoms with van der Waals surface area (Å²) < 4.78 is 0. The number of hydrogen-bond acceptors (Lipinski definition) is 8. The van der Waals surface area contributed by atoms with Crippen LogP contribution in [0.5, 0.6) is 11.5 Å². The zero-order valence-electron chi connectivity index (χ0n) is 23.5. The van der Waals surface area contributed by atoms with Crippen molar-refractivity contribution >= 4 is 24.4 Å². The third-order valence-electron chi connectivity index (χ3n) is 4.69. The monoisotopic (exact) mass is 571 g/mol. The second kappa shape index (κ2) is 19.0. The van der Waals surface area contributed by atoms with Crippen LogP contribution in [0.3, 0.4) is 0 Å². The number of aromatic hydroxyl groups is 2. The van der Waals surface area contributed by atoms with Gasteiger partial charge in [0.25, 0.3) is 0 Å². The fourth-order valence-corrected chi connectivity index (χ4v) is 3.47. The molecule has 0 amide bonds. The van der Waals surface area contributed by atoms with Crippen LogP contribution >= 0.6 is 0 Å². The van der Waals surface area contributed by atoms with Crippen LogP contribution in [0.25, 0.3) is 0 Å². The molecule has 2 aromatic rings. The Morgan fingerprint density at radius 1 is 0.763 bits per heavy atom. The molecule has 0 aliphatic rings. The minimum absolute atomic E-state index is 0. The number of carboxylic acids is 2. The second-order valence-corrected chi connectivity index (χ2v) is 9.64. The van der Waals surface area contributed by atoms with Gasteiger partial charge in [-0.1, -0.05) is 39.8 Å². The summed E-state index contributed by atoms with van der Waals surface area (Å²) in [5, 5.41) is 38.4. The normalized spacial score (nSPS) is 10.6. The second-order valence-electron chi connectivity index (χ2n) is 9.64. The minimum atomic E-state index is -1.08. The molecule has 211 valence electrons.